The average Bonchev–Trinajstić information content (AvgIpc) is 2.34. The summed E-state index contributed by atoms with van der Waals surface area (Å²) in [6, 6.07) is 0.522. The van der Waals surface area contributed by atoms with Gasteiger partial charge in [-0.1, -0.05) is 12.8 Å². The summed E-state index contributed by atoms with van der Waals surface area (Å²) < 4.78 is 7.29. The van der Waals surface area contributed by atoms with E-state index in [0.717, 1.165) is 6.54 Å². The van der Waals surface area contributed by atoms with Crippen LogP contribution in [0.3, 0.4) is 0 Å². The number of rotatable bonds is 2. The van der Waals surface area contributed by atoms with E-state index in [4.69, 9.17) is 4.74 Å². The van der Waals surface area contributed by atoms with Crippen molar-refractivity contribution >= 4 is 12.8 Å². The molecule has 0 saturated carbocycles. The van der Waals surface area contributed by atoms with Crippen molar-refractivity contribution in [1.29, 1.82) is 0 Å². The Morgan fingerprint density at radius 3 is 2.23 bits per heavy atom. The third-order valence-corrected chi connectivity index (χ3v) is 2.68. The summed E-state index contributed by atoms with van der Waals surface area (Å²) in [5, 5.41) is 0. The number of hydrogen-bond donors (Lipinski definition) is 1. The molecule has 6 heteroatoms. The maximum Gasteiger partial charge on any atom is 0.0707 e. The number of ether oxygens (including phenoxy) is 1. The molecule has 1 saturated heterocycles. The highest BCUT2D eigenvalue weighted by Crippen LogP contribution is 2.22. The van der Waals surface area contributed by atoms with Gasteiger partial charge in [0.15, 0.2) is 0 Å². The lowest BCUT2D eigenvalue weighted by Gasteiger charge is -2.23. The minimum absolute atomic E-state index is 0. The van der Waals surface area contributed by atoms with E-state index in [0.29, 0.717) is 12.1 Å². The van der Waals surface area contributed by atoms with Crippen LogP contribution in [0.15, 0.2) is 0 Å². The molecule has 0 amide bonds. The second-order valence-electron chi connectivity index (χ2n) is 2.81. The second kappa shape index (κ2) is 8.65. The molecule has 0 radical (unpaired) electrons. The SMILES string of the molecule is COC(C)C1CCCN1S.F.F.F. The Hall–Kier alpha value is 0.0600. The van der Waals surface area contributed by atoms with Gasteiger partial charge in [-0.15, -0.1) is 0 Å². The van der Waals surface area contributed by atoms with Crippen LogP contribution in [-0.2, 0) is 4.74 Å². The first-order valence-corrected chi connectivity index (χ1v) is 4.14. The van der Waals surface area contributed by atoms with Gasteiger partial charge in [0.1, 0.15) is 0 Å². The number of halogens is 3. The van der Waals surface area contributed by atoms with E-state index in [1.165, 1.54) is 12.8 Å². The fourth-order valence-corrected chi connectivity index (χ4v) is 1.86. The van der Waals surface area contributed by atoms with Crippen LogP contribution in [0.5, 0.6) is 0 Å². The maximum absolute atomic E-state index is 5.21. The van der Waals surface area contributed by atoms with E-state index in [1.807, 2.05) is 0 Å². The topological polar surface area (TPSA) is 12.5 Å². The Kier molecular flexibility index (Phi) is 12.5. The molecule has 2 atom stereocenters. The van der Waals surface area contributed by atoms with Crippen molar-refractivity contribution in [2.75, 3.05) is 13.7 Å². The number of nitrogens with zero attached hydrogens (tertiary/aromatic N) is 1. The van der Waals surface area contributed by atoms with Crippen molar-refractivity contribution in [1.82, 2.24) is 4.31 Å². The van der Waals surface area contributed by atoms with Gasteiger partial charge in [-0.05, 0) is 19.8 Å². The van der Waals surface area contributed by atoms with Gasteiger partial charge in [-0.2, -0.15) is 0 Å². The lowest BCUT2D eigenvalue weighted by molar-refractivity contribution is 0.0715. The van der Waals surface area contributed by atoms with Crippen LogP contribution in [0.4, 0.5) is 14.1 Å². The van der Waals surface area contributed by atoms with Gasteiger partial charge in [0.2, 0.25) is 0 Å². The standard InChI is InChI=1S/C7H15NOS.3FH/c1-6(9-2)7-4-3-5-8(7)10;;;/h6-7,10H,3-5H2,1-2H3;3*1H. The molecule has 0 aromatic heterocycles. The molecule has 2 unspecified atom stereocenters. The van der Waals surface area contributed by atoms with Crippen LogP contribution in [0.25, 0.3) is 0 Å². The summed E-state index contributed by atoms with van der Waals surface area (Å²) in [7, 11) is 1.75. The third-order valence-electron chi connectivity index (χ3n) is 2.18. The van der Waals surface area contributed by atoms with Crippen molar-refractivity contribution in [2.24, 2.45) is 0 Å². The quantitative estimate of drug-likeness (QED) is 0.714. The van der Waals surface area contributed by atoms with Gasteiger partial charge >= 0.3 is 0 Å². The first-order valence-electron chi connectivity index (χ1n) is 3.74. The predicted octanol–water partition coefficient (Wildman–Crippen LogP) is 1.79. The zero-order chi connectivity index (χ0) is 7.56. The average molecular weight is 221 g/mol. The Morgan fingerprint density at radius 2 is 1.92 bits per heavy atom. The molecule has 1 heterocycles. The lowest BCUT2D eigenvalue weighted by atomic mass is 10.1. The van der Waals surface area contributed by atoms with E-state index in [1.54, 1.807) is 7.11 Å². The summed E-state index contributed by atoms with van der Waals surface area (Å²) in [6.45, 7) is 3.20. The summed E-state index contributed by atoms with van der Waals surface area (Å²) >= 11 is 4.33. The van der Waals surface area contributed by atoms with Crippen molar-refractivity contribution in [3.8, 4) is 0 Å². The molecule has 0 N–H and O–H groups in total. The molecule has 0 aromatic rings. The van der Waals surface area contributed by atoms with E-state index in [-0.39, 0.29) is 14.1 Å². The van der Waals surface area contributed by atoms with Crippen molar-refractivity contribution in [3.63, 3.8) is 0 Å². The van der Waals surface area contributed by atoms with Crippen molar-refractivity contribution in [3.05, 3.63) is 0 Å². The van der Waals surface area contributed by atoms with Crippen LogP contribution in [-0.4, -0.2) is 30.1 Å². The number of hydrogen-bond acceptors (Lipinski definition) is 3. The first-order chi connectivity index (χ1) is 4.75. The molecule has 1 aliphatic rings. The van der Waals surface area contributed by atoms with Crippen LogP contribution in [0.2, 0.25) is 0 Å². The van der Waals surface area contributed by atoms with Crippen molar-refractivity contribution < 1.29 is 18.9 Å². The highest BCUT2D eigenvalue weighted by atomic mass is 32.1. The van der Waals surface area contributed by atoms with Gasteiger partial charge in [-0.25, -0.2) is 4.31 Å². The monoisotopic (exact) mass is 221 g/mol. The first kappa shape index (κ1) is 18.8. The molecule has 0 spiro atoms. The van der Waals surface area contributed by atoms with Crippen LogP contribution in [0.1, 0.15) is 19.8 Å². The van der Waals surface area contributed by atoms with Crippen LogP contribution in [0, 0.1) is 0 Å². The van der Waals surface area contributed by atoms with Gasteiger partial charge in [0, 0.05) is 19.7 Å². The molecule has 1 fully saturated rings. The fraction of sp³-hybridized carbons (Fsp3) is 1.00. The van der Waals surface area contributed by atoms with Gasteiger partial charge in [-0.3, -0.25) is 14.1 Å². The fourth-order valence-electron chi connectivity index (χ4n) is 1.41. The Balaban J connectivity index is -0.000000333. The molecule has 1 rings (SSSR count). The zero-order valence-electron chi connectivity index (χ0n) is 7.80. The van der Waals surface area contributed by atoms with E-state index < -0.39 is 0 Å². The van der Waals surface area contributed by atoms with Crippen LogP contribution >= 0.6 is 12.8 Å². The number of thiol groups is 1. The number of methoxy groups -OCH3 is 1. The van der Waals surface area contributed by atoms with E-state index >= 15 is 0 Å². The summed E-state index contributed by atoms with van der Waals surface area (Å²) in [4.78, 5) is 0. The minimum atomic E-state index is 0. The van der Waals surface area contributed by atoms with Crippen LogP contribution < -0.4 is 0 Å². The summed E-state index contributed by atoms with van der Waals surface area (Å²) in [5.41, 5.74) is 0. The molecule has 1 aliphatic heterocycles. The third kappa shape index (κ3) is 4.73. The Labute approximate surface area is 82.3 Å². The van der Waals surface area contributed by atoms with Gasteiger partial charge in [0.05, 0.1) is 6.10 Å². The largest absolute Gasteiger partial charge is 0.380 e. The molecular weight excluding hydrogens is 203 g/mol. The van der Waals surface area contributed by atoms with E-state index in [9.17, 15) is 0 Å². The molecule has 0 aliphatic carbocycles. The summed E-state index contributed by atoms with van der Waals surface area (Å²) in [6.07, 6.45) is 2.79. The molecule has 2 nitrogen and oxygen atoms in total. The van der Waals surface area contributed by atoms with Gasteiger partial charge < -0.3 is 4.74 Å². The normalized spacial score (nSPS) is 23.8. The molecule has 13 heavy (non-hydrogen) atoms. The van der Waals surface area contributed by atoms with Gasteiger partial charge in [0.25, 0.3) is 0 Å². The highest BCUT2D eigenvalue weighted by molar-refractivity contribution is 7.77. The highest BCUT2D eigenvalue weighted by Gasteiger charge is 2.26. The Bertz CT molecular complexity index is 120. The van der Waals surface area contributed by atoms with E-state index in [2.05, 4.69) is 24.0 Å². The molecular formula is C7H18F3NOS. The molecule has 84 valence electrons. The molecule has 0 aromatic carbocycles. The predicted molar refractivity (Wildman–Crippen MR) is 52.7 cm³/mol. The smallest absolute Gasteiger partial charge is 0.0707 e. The molecule has 0 bridgehead atoms. The zero-order valence-corrected chi connectivity index (χ0v) is 8.70. The second-order valence-corrected chi connectivity index (χ2v) is 3.33. The maximum atomic E-state index is 5.21. The lowest BCUT2D eigenvalue weighted by Crippen LogP contribution is -2.32. The Morgan fingerprint density at radius 1 is 1.38 bits per heavy atom. The minimum Gasteiger partial charge on any atom is -0.380 e. The van der Waals surface area contributed by atoms with Crippen molar-refractivity contribution in [2.45, 2.75) is 31.9 Å². The summed E-state index contributed by atoms with van der Waals surface area (Å²) in [5.74, 6) is 0.